The van der Waals surface area contributed by atoms with E-state index in [0.717, 1.165) is 5.56 Å². The average molecular weight is 204 g/mol. The van der Waals surface area contributed by atoms with Gasteiger partial charge in [-0.2, -0.15) is 0 Å². The summed E-state index contributed by atoms with van der Waals surface area (Å²) in [5, 5.41) is 0. The first-order chi connectivity index (χ1) is 7.11. The van der Waals surface area contributed by atoms with E-state index < -0.39 is 0 Å². The van der Waals surface area contributed by atoms with Crippen LogP contribution >= 0.6 is 0 Å². The molecule has 0 unspecified atom stereocenters. The minimum absolute atomic E-state index is 0.133. The first-order valence-corrected chi connectivity index (χ1v) is 5.01. The van der Waals surface area contributed by atoms with Crippen molar-refractivity contribution in [3.05, 3.63) is 48.0 Å². The van der Waals surface area contributed by atoms with Crippen molar-refractivity contribution in [2.45, 2.75) is 20.5 Å². The number of ether oxygens (including phenoxy) is 1. The number of carbonyl (C=O) groups is 1. The highest BCUT2D eigenvalue weighted by molar-refractivity contribution is 5.88. The highest BCUT2D eigenvalue weighted by Gasteiger charge is 2.11. The molecule has 1 aromatic rings. The zero-order valence-corrected chi connectivity index (χ0v) is 9.19. The van der Waals surface area contributed by atoms with Crippen LogP contribution in [-0.2, 0) is 16.1 Å². The van der Waals surface area contributed by atoms with E-state index in [1.54, 1.807) is 0 Å². The van der Waals surface area contributed by atoms with E-state index in [1.165, 1.54) is 0 Å². The maximum Gasteiger partial charge on any atom is 0.333 e. The maximum absolute atomic E-state index is 11.4. The molecule has 0 bridgehead atoms. The van der Waals surface area contributed by atoms with Gasteiger partial charge in [-0.1, -0.05) is 50.8 Å². The first kappa shape index (κ1) is 11.5. The van der Waals surface area contributed by atoms with Crippen molar-refractivity contribution in [2.75, 3.05) is 0 Å². The molecule has 1 rings (SSSR count). The number of carbonyl (C=O) groups excluding carboxylic acids is 1. The van der Waals surface area contributed by atoms with Crippen molar-refractivity contribution < 1.29 is 9.53 Å². The molecule has 80 valence electrons. The summed E-state index contributed by atoms with van der Waals surface area (Å²) in [7, 11) is 0. The largest absolute Gasteiger partial charge is 0.457 e. The summed E-state index contributed by atoms with van der Waals surface area (Å²) in [6, 6.07) is 9.61. The van der Waals surface area contributed by atoms with Gasteiger partial charge >= 0.3 is 5.97 Å². The molecule has 0 aliphatic heterocycles. The Morgan fingerprint density at radius 2 is 1.93 bits per heavy atom. The molecule has 0 saturated carbocycles. The van der Waals surface area contributed by atoms with Crippen LogP contribution in [-0.4, -0.2) is 5.97 Å². The maximum atomic E-state index is 11.4. The fourth-order valence-electron chi connectivity index (χ4n) is 1.05. The van der Waals surface area contributed by atoms with Crippen molar-refractivity contribution in [1.82, 2.24) is 0 Å². The molecular formula is C13H16O2. The molecule has 0 amide bonds. The summed E-state index contributed by atoms with van der Waals surface area (Å²) in [6.45, 7) is 7.85. The van der Waals surface area contributed by atoms with Gasteiger partial charge in [-0.3, -0.25) is 0 Å². The summed E-state index contributed by atoms with van der Waals surface area (Å²) in [4.78, 5) is 11.4. The fourth-order valence-corrected chi connectivity index (χ4v) is 1.05. The Bertz CT molecular complexity index is 339. The number of esters is 1. The second kappa shape index (κ2) is 5.35. The Labute approximate surface area is 90.6 Å². The second-order valence-corrected chi connectivity index (χ2v) is 3.74. The minimum atomic E-state index is -0.311. The zero-order chi connectivity index (χ0) is 11.3. The number of benzene rings is 1. The normalized spacial score (nSPS) is 10.1. The van der Waals surface area contributed by atoms with Crippen LogP contribution in [0.25, 0.3) is 0 Å². The highest BCUT2D eigenvalue weighted by atomic mass is 16.5. The summed E-state index contributed by atoms with van der Waals surface area (Å²) in [6.07, 6.45) is 0. The lowest BCUT2D eigenvalue weighted by Crippen LogP contribution is -2.11. The van der Waals surface area contributed by atoms with Gasteiger partial charge in [0, 0.05) is 5.57 Å². The smallest absolute Gasteiger partial charge is 0.333 e. The van der Waals surface area contributed by atoms with Gasteiger partial charge in [-0.15, -0.1) is 0 Å². The van der Waals surface area contributed by atoms with E-state index in [9.17, 15) is 4.79 Å². The van der Waals surface area contributed by atoms with Crippen molar-refractivity contribution in [2.24, 2.45) is 5.92 Å². The Hall–Kier alpha value is -1.57. The molecule has 0 spiro atoms. The third-order valence-electron chi connectivity index (χ3n) is 2.17. The fraction of sp³-hybridized carbons (Fsp3) is 0.308. The molecule has 1 aromatic carbocycles. The SMILES string of the molecule is C=C(C(=O)OCc1ccccc1)C(C)C. The van der Waals surface area contributed by atoms with Gasteiger partial charge in [0.15, 0.2) is 0 Å². The summed E-state index contributed by atoms with van der Waals surface area (Å²) >= 11 is 0. The monoisotopic (exact) mass is 204 g/mol. The number of hydrogen-bond donors (Lipinski definition) is 0. The second-order valence-electron chi connectivity index (χ2n) is 3.74. The molecule has 15 heavy (non-hydrogen) atoms. The number of hydrogen-bond acceptors (Lipinski definition) is 2. The van der Waals surface area contributed by atoms with Gasteiger partial charge in [0.1, 0.15) is 6.61 Å². The molecule has 0 aromatic heterocycles. The van der Waals surface area contributed by atoms with Crippen LogP contribution in [0.15, 0.2) is 42.5 Å². The Morgan fingerprint density at radius 3 is 2.47 bits per heavy atom. The van der Waals surface area contributed by atoms with E-state index in [2.05, 4.69) is 6.58 Å². The molecule has 2 heteroatoms. The molecule has 0 atom stereocenters. The van der Waals surface area contributed by atoms with Crippen molar-refractivity contribution >= 4 is 5.97 Å². The predicted octanol–water partition coefficient (Wildman–Crippen LogP) is 2.94. The van der Waals surface area contributed by atoms with Crippen molar-refractivity contribution in [3.8, 4) is 0 Å². The van der Waals surface area contributed by atoms with Crippen LogP contribution in [0.5, 0.6) is 0 Å². The topological polar surface area (TPSA) is 26.3 Å². The quantitative estimate of drug-likeness (QED) is 0.556. The third kappa shape index (κ3) is 3.58. The van der Waals surface area contributed by atoms with Crippen LogP contribution in [0.3, 0.4) is 0 Å². The predicted molar refractivity (Wildman–Crippen MR) is 60.2 cm³/mol. The average Bonchev–Trinajstić information content (AvgIpc) is 2.26. The lowest BCUT2D eigenvalue weighted by Gasteiger charge is -2.09. The van der Waals surface area contributed by atoms with Gasteiger partial charge in [0.2, 0.25) is 0 Å². The molecule has 0 saturated heterocycles. The first-order valence-electron chi connectivity index (χ1n) is 5.01. The Kier molecular flexibility index (Phi) is 4.10. The van der Waals surface area contributed by atoms with Gasteiger partial charge < -0.3 is 4.74 Å². The van der Waals surface area contributed by atoms with Crippen LogP contribution in [0.4, 0.5) is 0 Å². The van der Waals surface area contributed by atoms with Crippen LogP contribution < -0.4 is 0 Å². The van der Waals surface area contributed by atoms with Gasteiger partial charge in [0.05, 0.1) is 0 Å². The van der Waals surface area contributed by atoms with E-state index in [4.69, 9.17) is 4.74 Å². The molecule has 0 aliphatic carbocycles. The molecular weight excluding hydrogens is 188 g/mol. The van der Waals surface area contributed by atoms with Crippen molar-refractivity contribution in [1.29, 1.82) is 0 Å². The Balaban J connectivity index is 2.45. The molecule has 0 N–H and O–H groups in total. The molecule has 2 nitrogen and oxygen atoms in total. The summed E-state index contributed by atoms with van der Waals surface area (Å²) in [5.74, 6) is -0.179. The molecule has 0 heterocycles. The minimum Gasteiger partial charge on any atom is -0.457 e. The lowest BCUT2D eigenvalue weighted by molar-refractivity contribution is -0.140. The van der Waals surface area contributed by atoms with E-state index >= 15 is 0 Å². The van der Waals surface area contributed by atoms with Crippen LogP contribution in [0, 0.1) is 5.92 Å². The van der Waals surface area contributed by atoms with E-state index in [1.807, 2.05) is 44.2 Å². The van der Waals surface area contributed by atoms with Crippen LogP contribution in [0.2, 0.25) is 0 Å². The van der Waals surface area contributed by atoms with Gasteiger partial charge in [0.25, 0.3) is 0 Å². The van der Waals surface area contributed by atoms with Crippen LogP contribution in [0.1, 0.15) is 19.4 Å². The Morgan fingerprint density at radius 1 is 1.33 bits per heavy atom. The van der Waals surface area contributed by atoms with E-state index in [-0.39, 0.29) is 11.9 Å². The molecule has 0 aliphatic rings. The number of rotatable bonds is 4. The molecule has 0 fully saturated rings. The lowest BCUT2D eigenvalue weighted by atomic mass is 10.1. The third-order valence-corrected chi connectivity index (χ3v) is 2.17. The van der Waals surface area contributed by atoms with Gasteiger partial charge in [-0.25, -0.2) is 4.79 Å². The summed E-state index contributed by atoms with van der Waals surface area (Å²) < 4.78 is 5.11. The standard InChI is InChI=1S/C13H16O2/c1-10(2)11(3)13(14)15-9-12-7-5-4-6-8-12/h4-8,10H,3,9H2,1-2H3. The zero-order valence-electron chi connectivity index (χ0n) is 9.19. The summed E-state index contributed by atoms with van der Waals surface area (Å²) in [5.41, 5.74) is 1.51. The van der Waals surface area contributed by atoms with Crippen molar-refractivity contribution in [3.63, 3.8) is 0 Å². The highest BCUT2D eigenvalue weighted by Crippen LogP contribution is 2.10. The van der Waals surface area contributed by atoms with E-state index in [0.29, 0.717) is 12.2 Å². The van der Waals surface area contributed by atoms with Gasteiger partial charge in [-0.05, 0) is 11.5 Å². The molecule has 0 radical (unpaired) electrons.